The molecule has 7 nitrogen and oxygen atoms in total. The van der Waals surface area contributed by atoms with Gasteiger partial charge in [-0.3, -0.25) is 14.9 Å². The average molecular weight is 293 g/mol. The van der Waals surface area contributed by atoms with Crippen LogP contribution in [0.2, 0.25) is 0 Å². The third-order valence-corrected chi connectivity index (χ3v) is 3.79. The van der Waals surface area contributed by atoms with Crippen molar-refractivity contribution in [3.63, 3.8) is 0 Å². The highest BCUT2D eigenvalue weighted by Gasteiger charge is 2.28. The van der Waals surface area contributed by atoms with Crippen LogP contribution in [0.15, 0.2) is 18.2 Å². The lowest BCUT2D eigenvalue weighted by Crippen LogP contribution is -2.36. The van der Waals surface area contributed by atoms with Gasteiger partial charge >= 0.3 is 0 Å². The van der Waals surface area contributed by atoms with Crippen LogP contribution in [-0.4, -0.2) is 40.5 Å². The van der Waals surface area contributed by atoms with Crippen molar-refractivity contribution in [1.29, 1.82) is 0 Å². The van der Waals surface area contributed by atoms with Gasteiger partial charge in [0.15, 0.2) is 0 Å². The molecule has 1 saturated carbocycles. The summed E-state index contributed by atoms with van der Waals surface area (Å²) >= 11 is 0. The molecular weight excluding hydrogens is 274 g/mol. The summed E-state index contributed by atoms with van der Waals surface area (Å²) in [5.41, 5.74) is 5.74. The molecule has 1 amide bonds. The van der Waals surface area contributed by atoms with E-state index in [0.717, 1.165) is 19.4 Å². The Morgan fingerprint density at radius 1 is 1.52 bits per heavy atom. The molecular formula is C14H19N3O4. The average Bonchev–Trinajstić information content (AvgIpc) is 2.36. The fraction of sp³-hybridized carbons (Fsp3) is 0.500. The fourth-order valence-electron chi connectivity index (χ4n) is 2.67. The minimum atomic E-state index is -0.679. The maximum Gasteiger partial charge on any atom is 0.274 e. The van der Waals surface area contributed by atoms with E-state index in [1.165, 1.54) is 12.1 Å². The molecule has 0 aromatic heterocycles. The number of nitrogens with two attached hydrogens (primary N) is 1. The SMILES string of the molecule is CN(Cc1ccc(C(N)=O)cc1[N+](=O)[O-])CC1CC(O)C1. The number of primary amides is 1. The molecule has 0 radical (unpaired) electrons. The van der Waals surface area contributed by atoms with Gasteiger partial charge in [0.2, 0.25) is 5.91 Å². The highest BCUT2D eigenvalue weighted by Crippen LogP contribution is 2.28. The molecule has 0 bridgehead atoms. The van der Waals surface area contributed by atoms with Crippen molar-refractivity contribution in [2.45, 2.75) is 25.5 Å². The third kappa shape index (κ3) is 3.77. The number of nitrogens with zero attached hydrogens (tertiary/aromatic N) is 2. The molecule has 1 fully saturated rings. The van der Waals surface area contributed by atoms with Crippen LogP contribution in [0.3, 0.4) is 0 Å². The largest absolute Gasteiger partial charge is 0.393 e. The Bertz CT molecular complexity index is 555. The van der Waals surface area contributed by atoms with E-state index in [9.17, 15) is 20.0 Å². The molecule has 0 aliphatic heterocycles. The van der Waals surface area contributed by atoms with E-state index in [-0.39, 0.29) is 17.4 Å². The first kappa shape index (κ1) is 15.4. The number of nitro groups is 1. The van der Waals surface area contributed by atoms with Gasteiger partial charge in [-0.25, -0.2) is 0 Å². The first-order chi connectivity index (χ1) is 9.86. The Morgan fingerprint density at radius 3 is 2.71 bits per heavy atom. The maximum atomic E-state index is 11.1. The van der Waals surface area contributed by atoms with Gasteiger partial charge in [0.25, 0.3) is 5.69 Å². The number of hydrogen-bond donors (Lipinski definition) is 2. The highest BCUT2D eigenvalue weighted by atomic mass is 16.6. The molecule has 21 heavy (non-hydrogen) atoms. The van der Waals surface area contributed by atoms with Crippen LogP contribution >= 0.6 is 0 Å². The summed E-state index contributed by atoms with van der Waals surface area (Å²) in [5, 5.41) is 20.4. The molecule has 1 aliphatic carbocycles. The van der Waals surface area contributed by atoms with E-state index >= 15 is 0 Å². The number of nitro benzene ring substituents is 1. The lowest BCUT2D eigenvalue weighted by Gasteiger charge is -2.34. The van der Waals surface area contributed by atoms with Gasteiger partial charge in [-0.2, -0.15) is 0 Å². The van der Waals surface area contributed by atoms with Gasteiger partial charge in [-0.1, -0.05) is 6.07 Å². The fourth-order valence-corrected chi connectivity index (χ4v) is 2.67. The van der Waals surface area contributed by atoms with Gasteiger partial charge < -0.3 is 15.7 Å². The summed E-state index contributed by atoms with van der Waals surface area (Å²) in [6, 6.07) is 4.30. The molecule has 0 atom stereocenters. The van der Waals surface area contributed by atoms with Gasteiger partial charge in [-0.05, 0) is 31.9 Å². The van der Waals surface area contributed by atoms with Crippen LogP contribution in [0.5, 0.6) is 0 Å². The van der Waals surface area contributed by atoms with Gasteiger partial charge in [0, 0.05) is 30.3 Å². The van der Waals surface area contributed by atoms with Crippen LogP contribution in [0, 0.1) is 16.0 Å². The van der Waals surface area contributed by atoms with Gasteiger partial charge in [0.1, 0.15) is 0 Å². The van der Waals surface area contributed by atoms with Gasteiger partial charge in [0.05, 0.1) is 11.0 Å². The topological polar surface area (TPSA) is 110 Å². The number of aliphatic hydroxyl groups is 1. The lowest BCUT2D eigenvalue weighted by atomic mass is 9.82. The molecule has 0 saturated heterocycles. The van der Waals surface area contributed by atoms with Crippen LogP contribution in [-0.2, 0) is 6.54 Å². The Labute approximate surface area is 122 Å². The number of benzene rings is 1. The molecule has 114 valence electrons. The van der Waals surface area contributed by atoms with E-state index in [1.54, 1.807) is 6.07 Å². The Morgan fingerprint density at radius 2 is 2.19 bits per heavy atom. The van der Waals surface area contributed by atoms with Crippen molar-refractivity contribution in [2.24, 2.45) is 11.7 Å². The molecule has 0 unspecified atom stereocenters. The molecule has 7 heteroatoms. The number of aliphatic hydroxyl groups excluding tert-OH is 1. The Balaban J connectivity index is 2.07. The zero-order valence-electron chi connectivity index (χ0n) is 11.9. The number of hydrogen-bond acceptors (Lipinski definition) is 5. The van der Waals surface area contributed by atoms with Crippen molar-refractivity contribution in [3.05, 3.63) is 39.4 Å². The number of carbonyl (C=O) groups excluding carboxylic acids is 1. The molecule has 0 heterocycles. The van der Waals surface area contributed by atoms with E-state index in [2.05, 4.69) is 0 Å². The predicted molar refractivity (Wildman–Crippen MR) is 76.7 cm³/mol. The second-order valence-corrected chi connectivity index (χ2v) is 5.65. The van der Waals surface area contributed by atoms with E-state index in [0.29, 0.717) is 18.0 Å². The quantitative estimate of drug-likeness (QED) is 0.598. The summed E-state index contributed by atoms with van der Waals surface area (Å²) in [6.07, 6.45) is 1.37. The first-order valence-corrected chi connectivity index (χ1v) is 6.80. The normalized spacial score (nSPS) is 21.1. The van der Waals surface area contributed by atoms with E-state index < -0.39 is 10.8 Å². The molecule has 3 N–H and O–H groups in total. The number of rotatable bonds is 6. The van der Waals surface area contributed by atoms with Crippen molar-refractivity contribution >= 4 is 11.6 Å². The molecule has 1 aliphatic rings. The predicted octanol–water partition coefficient (Wildman–Crippen LogP) is 0.896. The van der Waals surface area contributed by atoms with Gasteiger partial charge in [-0.15, -0.1) is 0 Å². The monoisotopic (exact) mass is 293 g/mol. The zero-order valence-corrected chi connectivity index (χ0v) is 11.9. The molecule has 1 aromatic rings. The standard InChI is InChI=1S/C14H19N3O4/c1-16(7-9-4-12(18)5-9)8-11-3-2-10(14(15)19)6-13(11)17(20)21/h2-3,6,9,12,18H,4-5,7-8H2,1H3,(H2,15,19). The summed E-state index contributed by atoms with van der Waals surface area (Å²) in [7, 11) is 1.89. The van der Waals surface area contributed by atoms with Crippen molar-refractivity contribution in [3.8, 4) is 0 Å². The van der Waals surface area contributed by atoms with Crippen molar-refractivity contribution < 1.29 is 14.8 Å². The van der Waals surface area contributed by atoms with Crippen LogP contribution < -0.4 is 5.73 Å². The van der Waals surface area contributed by atoms with Crippen LogP contribution in [0.4, 0.5) is 5.69 Å². The van der Waals surface area contributed by atoms with Crippen molar-refractivity contribution in [2.75, 3.05) is 13.6 Å². The number of carbonyl (C=O) groups is 1. The minimum absolute atomic E-state index is 0.0909. The second kappa shape index (κ2) is 6.19. The minimum Gasteiger partial charge on any atom is -0.393 e. The molecule has 0 spiro atoms. The molecule has 1 aromatic carbocycles. The first-order valence-electron chi connectivity index (χ1n) is 6.80. The smallest absolute Gasteiger partial charge is 0.274 e. The summed E-state index contributed by atoms with van der Waals surface area (Å²) < 4.78 is 0. The van der Waals surface area contributed by atoms with E-state index in [4.69, 9.17) is 5.73 Å². The Hall–Kier alpha value is -1.99. The lowest BCUT2D eigenvalue weighted by molar-refractivity contribution is -0.385. The maximum absolute atomic E-state index is 11.1. The number of amides is 1. The molecule has 2 rings (SSSR count). The van der Waals surface area contributed by atoms with Crippen LogP contribution in [0.25, 0.3) is 0 Å². The van der Waals surface area contributed by atoms with Crippen molar-refractivity contribution in [1.82, 2.24) is 4.90 Å². The summed E-state index contributed by atoms with van der Waals surface area (Å²) in [6.45, 7) is 1.20. The highest BCUT2D eigenvalue weighted by molar-refractivity contribution is 5.93. The second-order valence-electron chi connectivity index (χ2n) is 5.65. The third-order valence-electron chi connectivity index (χ3n) is 3.79. The van der Waals surface area contributed by atoms with Crippen LogP contribution in [0.1, 0.15) is 28.8 Å². The summed E-state index contributed by atoms with van der Waals surface area (Å²) in [5.74, 6) is -0.240. The zero-order chi connectivity index (χ0) is 15.6. The Kier molecular flexibility index (Phi) is 4.54. The summed E-state index contributed by atoms with van der Waals surface area (Å²) in [4.78, 5) is 23.7. The van der Waals surface area contributed by atoms with E-state index in [1.807, 2.05) is 11.9 Å².